The maximum Gasteiger partial charge on any atom is 0.338 e. The first-order chi connectivity index (χ1) is 8.63. The normalized spacial score (nSPS) is 19.6. The molecular formula is C14H19NO3. The van der Waals surface area contributed by atoms with Crippen LogP contribution < -0.4 is 5.32 Å². The van der Waals surface area contributed by atoms with Crippen LogP contribution in [0.1, 0.15) is 33.2 Å². The van der Waals surface area contributed by atoms with Crippen LogP contribution in [-0.4, -0.2) is 32.8 Å². The zero-order valence-corrected chi connectivity index (χ0v) is 11.1. The van der Waals surface area contributed by atoms with Crippen LogP contribution in [0.4, 0.5) is 0 Å². The fourth-order valence-corrected chi connectivity index (χ4v) is 2.17. The van der Waals surface area contributed by atoms with Gasteiger partial charge in [-0.2, -0.15) is 0 Å². The average molecular weight is 249 g/mol. The molecule has 1 aliphatic heterocycles. The summed E-state index contributed by atoms with van der Waals surface area (Å²) in [6.07, 6.45) is 0.0152. The molecule has 0 radical (unpaired) electrons. The smallest absolute Gasteiger partial charge is 0.338 e. The Morgan fingerprint density at radius 3 is 2.83 bits per heavy atom. The maximum atomic E-state index is 11.7. The Morgan fingerprint density at radius 2 is 2.22 bits per heavy atom. The van der Waals surface area contributed by atoms with E-state index < -0.39 is 0 Å². The largest absolute Gasteiger partial charge is 0.465 e. The third-order valence-electron chi connectivity index (χ3n) is 3.39. The minimum absolute atomic E-state index is 0.0152. The van der Waals surface area contributed by atoms with E-state index in [0.29, 0.717) is 12.2 Å². The summed E-state index contributed by atoms with van der Waals surface area (Å²) in [5.41, 5.74) is 3.71. The van der Waals surface area contributed by atoms with Gasteiger partial charge in [0.1, 0.15) is 0 Å². The second-order valence-electron chi connectivity index (χ2n) is 4.57. The van der Waals surface area contributed by atoms with Crippen LogP contribution in [0, 0.1) is 13.8 Å². The van der Waals surface area contributed by atoms with Crippen molar-refractivity contribution in [3.8, 4) is 0 Å². The topological polar surface area (TPSA) is 47.6 Å². The van der Waals surface area contributed by atoms with Crippen LogP contribution in [0.3, 0.4) is 0 Å². The quantitative estimate of drug-likeness (QED) is 0.811. The number of carbonyl (C=O) groups is 1. The molecule has 1 N–H and O–H groups in total. The highest BCUT2D eigenvalue weighted by atomic mass is 16.5. The highest BCUT2D eigenvalue weighted by Crippen LogP contribution is 2.24. The molecule has 1 atom stereocenters. The van der Waals surface area contributed by atoms with E-state index in [-0.39, 0.29) is 12.1 Å². The minimum Gasteiger partial charge on any atom is -0.465 e. The molecule has 4 heteroatoms. The third kappa shape index (κ3) is 2.54. The summed E-state index contributed by atoms with van der Waals surface area (Å²) >= 11 is 0. The third-order valence-corrected chi connectivity index (χ3v) is 3.39. The van der Waals surface area contributed by atoms with Crippen molar-refractivity contribution >= 4 is 5.97 Å². The molecule has 1 aromatic carbocycles. The van der Waals surface area contributed by atoms with Crippen LogP contribution in [-0.2, 0) is 9.47 Å². The lowest BCUT2D eigenvalue weighted by Gasteiger charge is -2.25. The number of nitrogens with one attached hydrogen (secondary N) is 1. The van der Waals surface area contributed by atoms with E-state index in [2.05, 4.69) is 11.4 Å². The number of hydrogen-bond donors (Lipinski definition) is 1. The minimum atomic E-state index is -0.291. The fraction of sp³-hybridized carbons (Fsp3) is 0.500. The monoisotopic (exact) mass is 249 g/mol. The summed E-state index contributed by atoms with van der Waals surface area (Å²) in [7, 11) is 1.41. The Bertz CT molecular complexity index is 451. The lowest BCUT2D eigenvalue weighted by Crippen LogP contribution is -2.33. The summed E-state index contributed by atoms with van der Waals surface area (Å²) in [5, 5.41) is 3.29. The Kier molecular flexibility index (Phi) is 3.99. The van der Waals surface area contributed by atoms with Gasteiger partial charge in [-0.05, 0) is 36.6 Å². The van der Waals surface area contributed by atoms with Gasteiger partial charge in [-0.25, -0.2) is 4.79 Å². The Morgan fingerprint density at radius 1 is 1.44 bits per heavy atom. The van der Waals surface area contributed by atoms with Gasteiger partial charge in [-0.1, -0.05) is 6.07 Å². The van der Waals surface area contributed by atoms with Crippen molar-refractivity contribution in [3.05, 3.63) is 34.4 Å². The predicted molar refractivity (Wildman–Crippen MR) is 68.8 cm³/mol. The van der Waals surface area contributed by atoms with Gasteiger partial charge in [-0.3, -0.25) is 0 Å². The van der Waals surface area contributed by atoms with E-state index in [9.17, 15) is 4.79 Å². The highest BCUT2D eigenvalue weighted by Gasteiger charge is 2.19. The van der Waals surface area contributed by atoms with Crippen LogP contribution in [0.2, 0.25) is 0 Å². The maximum absolute atomic E-state index is 11.7. The van der Waals surface area contributed by atoms with E-state index >= 15 is 0 Å². The number of aryl methyl sites for hydroxylation is 1. The molecule has 1 fully saturated rings. The predicted octanol–water partition coefficient (Wildman–Crippen LogP) is 1.75. The number of methoxy groups -OCH3 is 1. The Hall–Kier alpha value is -1.39. The summed E-state index contributed by atoms with van der Waals surface area (Å²) in [6, 6.07) is 3.96. The molecule has 1 unspecified atom stereocenters. The number of rotatable bonds is 2. The van der Waals surface area contributed by atoms with E-state index in [1.165, 1.54) is 7.11 Å². The van der Waals surface area contributed by atoms with Crippen LogP contribution in [0.15, 0.2) is 12.1 Å². The average Bonchev–Trinajstić information content (AvgIpc) is 2.41. The summed E-state index contributed by atoms with van der Waals surface area (Å²) < 4.78 is 10.5. The SMILES string of the molecule is COC(=O)c1cc(C2CNCCO2)cc(C)c1C. The number of hydrogen-bond acceptors (Lipinski definition) is 4. The van der Waals surface area contributed by atoms with Crippen molar-refractivity contribution < 1.29 is 14.3 Å². The molecule has 2 rings (SSSR count). The van der Waals surface area contributed by atoms with Crippen molar-refractivity contribution in [3.63, 3.8) is 0 Å². The lowest BCUT2D eigenvalue weighted by atomic mass is 9.96. The van der Waals surface area contributed by atoms with Gasteiger partial charge in [0.05, 0.1) is 25.4 Å². The molecule has 1 aliphatic rings. The van der Waals surface area contributed by atoms with Crippen LogP contribution >= 0.6 is 0 Å². The molecule has 18 heavy (non-hydrogen) atoms. The van der Waals surface area contributed by atoms with Gasteiger partial charge in [0, 0.05) is 13.1 Å². The molecule has 1 aromatic rings. The number of morpholine rings is 1. The van der Waals surface area contributed by atoms with Gasteiger partial charge in [-0.15, -0.1) is 0 Å². The molecular weight excluding hydrogens is 230 g/mol. The molecule has 0 spiro atoms. The first-order valence-electron chi connectivity index (χ1n) is 6.15. The van der Waals surface area contributed by atoms with Gasteiger partial charge in [0.2, 0.25) is 0 Å². The fourth-order valence-electron chi connectivity index (χ4n) is 2.17. The summed E-state index contributed by atoms with van der Waals surface area (Å²) in [4.78, 5) is 11.7. The first kappa shape index (κ1) is 13.1. The van der Waals surface area contributed by atoms with Gasteiger partial charge in [0.15, 0.2) is 0 Å². The zero-order valence-electron chi connectivity index (χ0n) is 11.1. The number of carbonyl (C=O) groups excluding carboxylic acids is 1. The van der Waals surface area contributed by atoms with E-state index in [4.69, 9.17) is 9.47 Å². The molecule has 1 heterocycles. The molecule has 4 nitrogen and oxygen atoms in total. The van der Waals surface area contributed by atoms with E-state index in [0.717, 1.165) is 29.8 Å². The van der Waals surface area contributed by atoms with Gasteiger partial charge >= 0.3 is 5.97 Å². The van der Waals surface area contributed by atoms with E-state index in [1.54, 1.807) is 0 Å². The van der Waals surface area contributed by atoms with Crippen LogP contribution in [0.5, 0.6) is 0 Å². The Labute approximate surface area is 107 Å². The molecule has 0 aromatic heterocycles. The van der Waals surface area contributed by atoms with Crippen molar-refractivity contribution in [1.82, 2.24) is 5.32 Å². The summed E-state index contributed by atoms with van der Waals surface area (Å²) in [5.74, 6) is -0.291. The standard InChI is InChI=1S/C14H19NO3/c1-9-6-11(13-8-15-4-5-18-13)7-12(10(9)2)14(16)17-3/h6-7,13,15H,4-5,8H2,1-3H3. The highest BCUT2D eigenvalue weighted by molar-refractivity contribution is 5.91. The molecule has 0 saturated carbocycles. The van der Waals surface area contributed by atoms with Crippen molar-refractivity contribution in [2.45, 2.75) is 20.0 Å². The molecule has 0 aliphatic carbocycles. The zero-order chi connectivity index (χ0) is 13.1. The van der Waals surface area contributed by atoms with Crippen molar-refractivity contribution in [2.75, 3.05) is 26.8 Å². The Balaban J connectivity index is 2.36. The second kappa shape index (κ2) is 5.50. The van der Waals surface area contributed by atoms with Gasteiger partial charge in [0.25, 0.3) is 0 Å². The second-order valence-corrected chi connectivity index (χ2v) is 4.57. The molecule has 1 saturated heterocycles. The lowest BCUT2D eigenvalue weighted by molar-refractivity contribution is 0.0275. The van der Waals surface area contributed by atoms with Crippen molar-refractivity contribution in [2.24, 2.45) is 0 Å². The molecule has 98 valence electrons. The molecule has 0 bridgehead atoms. The van der Waals surface area contributed by atoms with Gasteiger partial charge < -0.3 is 14.8 Å². The number of benzene rings is 1. The van der Waals surface area contributed by atoms with E-state index in [1.807, 2.05) is 19.9 Å². The number of esters is 1. The van der Waals surface area contributed by atoms with Crippen LogP contribution in [0.25, 0.3) is 0 Å². The summed E-state index contributed by atoms with van der Waals surface area (Å²) in [6.45, 7) is 6.30. The van der Waals surface area contributed by atoms with Crippen molar-refractivity contribution in [1.29, 1.82) is 0 Å². The molecule has 0 amide bonds. The number of ether oxygens (including phenoxy) is 2. The first-order valence-corrected chi connectivity index (χ1v) is 6.15.